The third-order valence-electron chi connectivity index (χ3n) is 3.82. The fourth-order valence-corrected chi connectivity index (χ4v) is 2.46. The van der Waals surface area contributed by atoms with Crippen LogP contribution >= 0.6 is 0 Å². The maximum Gasteiger partial charge on any atom is 0.460 e. The van der Waals surface area contributed by atoms with Gasteiger partial charge in [0.15, 0.2) is 0 Å². The van der Waals surface area contributed by atoms with Gasteiger partial charge in [0, 0.05) is 12.1 Å². The molecule has 0 unspecified atom stereocenters. The zero-order valence-corrected chi connectivity index (χ0v) is 15.7. The van der Waals surface area contributed by atoms with Gasteiger partial charge in [-0.1, -0.05) is 5.22 Å². The molecule has 1 aromatic rings. The van der Waals surface area contributed by atoms with Crippen LogP contribution in [-0.4, -0.2) is 29.2 Å². The van der Waals surface area contributed by atoms with Gasteiger partial charge in [0.1, 0.15) is 0 Å². The van der Waals surface area contributed by atoms with Crippen LogP contribution in [0.5, 0.6) is 0 Å². The minimum atomic E-state index is -6.51. The molecular weight excluding hydrogens is 393 g/mol. The zero-order valence-electron chi connectivity index (χ0n) is 15.7. The number of hydrogen-bond donors (Lipinski definition) is 0. The molecule has 0 atom stereocenters. The first-order chi connectivity index (χ1) is 12.6. The lowest BCUT2D eigenvalue weighted by Crippen LogP contribution is -2.50. The van der Waals surface area contributed by atoms with Crippen molar-refractivity contribution in [3.8, 4) is 6.07 Å². The van der Waals surface area contributed by atoms with Gasteiger partial charge in [-0.15, -0.1) is 5.11 Å². The van der Waals surface area contributed by atoms with Crippen LogP contribution in [-0.2, 0) is 5.92 Å². The summed E-state index contributed by atoms with van der Waals surface area (Å²) in [6, 6.07) is 2.29. The Bertz CT molecular complexity index is 769. The second kappa shape index (κ2) is 7.93. The fourth-order valence-electron chi connectivity index (χ4n) is 2.46. The number of aryl methyl sites for hydroxylation is 1. The molecule has 0 heterocycles. The number of alkyl halides is 7. The smallest absolute Gasteiger partial charge is 0.273 e. The number of halogens is 7. The third-order valence-corrected chi connectivity index (χ3v) is 3.82. The molecule has 0 saturated heterocycles. The van der Waals surface area contributed by atoms with Gasteiger partial charge in [0.25, 0.3) is 0 Å². The Morgan fingerprint density at radius 2 is 1.46 bits per heavy atom. The van der Waals surface area contributed by atoms with Gasteiger partial charge in [0.05, 0.1) is 22.9 Å². The number of nitrogens with zero attached hydrogens (tertiary/aromatic N) is 4. The second-order valence-corrected chi connectivity index (χ2v) is 6.70. The number of rotatable bonds is 6. The Morgan fingerprint density at radius 1 is 0.964 bits per heavy atom. The van der Waals surface area contributed by atoms with E-state index in [1.165, 1.54) is 11.1 Å². The topological polar surface area (TPSA) is 51.8 Å². The number of hydrogen-bond acceptors (Lipinski definition) is 3. The van der Waals surface area contributed by atoms with E-state index in [-0.39, 0.29) is 23.7 Å². The van der Waals surface area contributed by atoms with E-state index < -0.39 is 34.8 Å². The lowest BCUT2D eigenvalue weighted by Gasteiger charge is -2.30. The minimum Gasteiger partial charge on any atom is -0.273 e. The molecule has 0 saturated carbocycles. The summed E-state index contributed by atoms with van der Waals surface area (Å²) in [6.45, 7) is 7.99. The van der Waals surface area contributed by atoms with Gasteiger partial charge in [0.2, 0.25) is 0 Å². The quantitative estimate of drug-likeness (QED) is 0.314. The zero-order chi connectivity index (χ0) is 22.1. The fraction of sp³-hybridized carbons (Fsp3) is 0.588. The highest BCUT2D eigenvalue weighted by Crippen LogP contribution is 2.54. The summed E-state index contributed by atoms with van der Waals surface area (Å²) in [6.07, 6.45) is -6.51. The van der Waals surface area contributed by atoms with Crippen LogP contribution < -0.4 is 0 Å². The van der Waals surface area contributed by atoms with Crippen molar-refractivity contribution in [3.63, 3.8) is 0 Å². The average Bonchev–Trinajstić information content (AvgIpc) is 2.53. The van der Waals surface area contributed by atoms with Crippen molar-refractivity contribution in [2.24, 2.45) is 10.3 Å². The van der Waals surface area contributed by atoms with Gasteiger partial charge < -0.3 is 0 Å². The van der Waals surface area contributed by atoms with Gasteiger partial charge in [-0.3, -0.25) is 5.01 Å². The molecule has 0 radical (unpaired) electrons. The summed E-state index contributed by atoms with van der Waals surface area (Å²) in [5.41, 5.74) is -3.27. The van der Waals surface area contributed by atoms with Crippen LogP contribution in [0.15, 0.2) is 22.5 Å². The van der Waals surface area contributed by atoms with Crippen molar-refractivity contribution in [3.05, 3.63) is 28.8 Å². The second-order valence-electron chi connectivity index (χ2n) is 6.70. The molecule has 11 heteroatoms. The molecule has 0 spiro atoms. The monoisotopic (exact) mass is 412 g/mol. The predicted octanol–water partition coefficient (Wildman–Crippen LogP) is 6.27. The predicted molar refractivity (Wildman–Crippen MR) is 87.4 cm³/mol. The van der Waals surface area contributed by atoms with E-state index in [1.54, 1.807) is 27.7 Å². The molecule has 0 N–H and O–H groups in total. The largest absolute Gasteiger partial charge is 0.460 e. The van der Waals surface area contributed by atoms with Crippen molar-refractivity contribution < 1.29 is 30.7 Å². The Labute approximate surface area is 157 Å². The summed E-state index contributed by atoms with van der Waals surface area (Å²) < 4.78 is 93.6. The van der Waals surface area contributed by atoms with E-state index >= 15 is 0 Å². The van der Waals surface area contributed by atoms with Crippen LogP contribution in [0.3, 0.4) is 0 Å². The number of benzene rings is 1. The Kier molecular flexibility index (Phi) is 6.70. The van der Waals surface area contributed by atoms with Crippen LogP contribution in [0.2, 0.25) is 0 Å². The highest BCUT2D eigenvalue weighted by atomic mass is 19.4. The average molecular weight is 412 g/mol. The Morgan fingerprint density at radius 3 is 1.86 bits per heavy atom. The van der Waals surface area contributed by atoms with E-state index in [9.17, 15) is 30.7 Å². The SMILES string of the molecule is Cc1cc(C#N)cc(C(F)(F)C(F)(F)C(F)(F)F)c1N=NN(C(C)C)C(C)C. The molecule has 28 heavy (non-hydrogen) atoms. The van der Waals surface area contributed by atoms with Crippen molar-refractivity contribution in [1.29, 1.82) is 5.26 Å². The van der Waals surface area contributed by atoms with Gasteiger partial charge in [-0.2, -0.15) is 36.0 Å². The van der Waals surface area contributed by atoms with E-state index in [2.05, 4.69) is 10.3 Å². The van der Waals surface area contributed by atoms with Gasteiger partial charge in [-0.25, -0.2) is 0 Å². The summed E-state index contributed by atoms with van der Waals surface area (Å²) in [5.74, 6) is -12.0. The lowest BCUT2D eigenvalue weighted by molar-refractivity contribution is -0.359. The summed E-state index contributed by atoms with van der Waals surface area (Å²) in [5, 5.41) is 17.6. The molecule has 0 aliphatic heterocycles. The Balaban J connectivity index is 3.72. The highest BCUT2D eigenvalue weighted by molar-refractivity contribution is 5.58. The van der Waals surface area contributed by atoms with E-state index in [4.69, 9.17) is 5.26 Å². The summed E-state index contributed by atoms with van der Waals surface area (Å²) in [7, 11) is 0. The van der Waals surface area contributed by atoms with Gasteiger partial charge in [-0.05, 0) is 52.3 Å². The van der Waals surface area contributed by atoms with Crippen molar-refractivity contribution >= 4 is 5.69 Å². The first-order valence-corrected chi connectivity index (χ1v) is 8.15. The Hall–Kier alpha value is -2.38. The van der Waals surface area contributed by atoms with E-state index in [0.717, 1.165) is 13.0 Å². The summed E-state index contributed by atoms with van der Waals surface area (Å²) in [4.78, 5) is 0. The van der Waals surface area contributed by atoms with Crippen molar-refractivity contribution in [2.45, 2.75) is 64.7 Å². The molecule has 4 nitrogen and oxygen atoms in total. The van der Waals surface area contributed by atoms with Crippen LogP contribution in [0.25, 0.3) is 0 Å². The molecule has 0 amide bonds. The normalized spacial score (nSPS) is 13.5. The first kappa shape index (κ1) is 23.7. The van der Waals surface area contributed by atoms with Crippen molar-refractivity contribution in [2.75, 3.05) is 0 Å². The maximum atomic E-state index is 14.3. The third kappa shape index (κ3) is 4.36. The van der Waals surface area contributed by atoms with Crippen molar-refractivity contribution in [1.82, 2.24) is 5.01 Å². The minimum absolute atomic E-state index is 0.192. The molecule has 0 bridgehead atoms. The van der Waals surface area contributed by atoms with Gasteiger partial charge >= 0.3 is 18.0 Å². The molecule has 1 aromatic carbocycles. The molecule has 0 aliphatic rings. The van der Waals surface area contributed by atoms with Crippen LogP contribution in [0.1, 0.15) is 44.4 Å². The molecule has 0 aromatic heterocycles. The maximum absolute atomic E-state index is 14.3. The highest BCUT2D eigenvalue weighted by Gasteiger charge is 2.74. The van der Waals surface area contributed by atoms with Crippen LogP contribution in [0.4, 0.5) is 36.4 Å². The first-order valence-electron chi connectivity index (χ1n) is 8.15. The summed E-state index contributed by atoms with van der Waals surface area (Å²) >= 11 is 0. The van der Waals surface area contributed by atoms with E-state index in [0.29, 0.717) is 0 Å². The molecule has 0 aliphatic carbocycles. The molecular formula is C17H19F7N4. The lowest BCUT2D eigenvalue weighted by atomic mass is 9.95. The molecule has 0 fully saturated rings. The number of nitriles is 1. The molecule has 156 valence electrons. The standard InChI is InChI=1S/C17H19F7N4/c1-9(2)28(10(3)4)27-26-14-11(5)6-12(8-25)7-13(14)15(18,19)16(20,21)17(22,23)24/h6-7,9-10H,1-5H3. The van der Waals surface area contributed by atoms with E-state index in [1.807, 2.05) is 0 Å². The molecule has 1 rings (SSSR count). The van der Waals surface area contributed by atoms with Crippen LogP contribution in [0, 0.1) is 18.3 Å².